The number of nitrogens with zero attached hydrogens (tertiary/aromatic N) is 2. The van der Waals surface area contributed by atoms with Gasteiger partial charge in [0.05, 0.1) is 12.1 Å². The summed E-state index contributed by atoms with van der Waals surface area (Å²) in [6.07, 6.45) is 0.0864. The van der Waals surface area contributed by atoms with E-state index in [-0.39, 0.29) is 18.9 Å². The molecule has 1 aromatic rings. The Labute approximate surface area is 130 Å². The van der Waals surface area contributed by atoms with Gasteiger partial charge in [0, 0.05) is 31.9 Å². The fourth-order valence-electron chi connectivity index (χ4n) is 2.46. The molecular weight excluding hydrogens is 284 g/mol. The Bertz CT molecular complexity index is 571. The zero-order chi connectivity index (χ0) is 16.3. The highest BCUT2D eigenvalue weighted by molar-refractivity contribution is 5.97. The van der Waals surface area contributed by atoms with Crippen LogP contribution in [0.25, 0.3) is 0 Å². The van der Waals surface area contributed by atoms with E-state index in [1.54, 1.807) is 11.9 Å². The highest BCUT2D eigenvalue weighted by Crippen LogP contribution is 2.35. The van der Waals surface area contributed by atoms with Crippen molar-refractivity contribution in [2.24, 2.45) is 5.92 Å². The van der Waals surface area contributed by atoms with Crippen molar-refractivity contribution >= 4 is 23.3 Å². The summed E-state index contributed by atoms with van der Waals surface area (Å²) in [4.78, 5) is 26.1. The molecule has 0 atom stereocenters. The van der Waals surface area contributed by atoms with Crippen LogP contribution in [-0.4, -0.2) is 43.7 Å². The summed E-state index contributed by atoms with van der Waals surface area (Å²) in [6, 6.07) is 5.62. The minimum absolute atomic E-state index is 0.0340. The second-order valence-corrected chi connectivity index (χ2v) is 5.88. The molecular formula is C16H22N2O4. The predicted octanol–water partition coefficient (Wildman–Crippen LogP) is 1.98. The molecule has 22 heavy (non-hydrogen) atoms. The Morgan fingerprint density at radius 3 is 2.82 bits per heavy atom. The summed E-state index contributed by atoms with van der Waals surface area (Å²) < 4.78 is 5.49. The highest BCUT2D eigenvalue weighted by Gasteiger charge is 2.23. The first-order valence-electron chi connectivity index (χ1n) is 7.38. The number of hydrogen-bond donors (Lipinski definition) is 1. The molecule has 1 N–H and O–H groups in total. The summed E-state index contributed by atoms with van der Waals surface area (Å²) in [5.41, 5.74) is 1.65. The average molecular weight is 306 g/mol. The van der Waals surface area contributed by atoms with Gasteiger partial charge in [0.2, 0.25) is 0 Å². The number of aliphatic carboxylic acids is 1. The van der Waals surface area contributed by atoms with Crippen molar-refractivity contribution in [3.8, 4) is 5.75 Å². The minimum Gasteiger partial charge on any atom is -0.481 e. The Morgan fingerprint density at radius 1 is 1.45 bits per heavy atom. The molecule has 0 saturated carbocycles. The van der Waals surface area contributed by atoms with Gasteiger partial charge >= 0.3 is 5.97 Å². The summed E-state index contributed by atoms with van der Waals surface area (Å²) in [7, 11) is 1.72. The van der Waals surface area contributed by atoms with E-state index in [0.717, 1.165) is 17.9 Å². The predicted molar refractivity (Wildman–Crippen MR) is 84.7 cm³/mol. The van der Waals surface area contributed by atoms with E-state index in [9.17, 15) is 9.59 Å². The van der Waals surface area contributed by atoms with E-state index in [4.69, 9.17) is 9.84 Å². The maximum Gasteiger partial charge on any atom is 0.305 e. The molecule has 0 aliphatic carbocycles. The normalized spacial score (nSPS) is 13.8. The van der Waals surface area contributed by atoms with Crippen LogP contribution in [0.4, 0.5) is 11.4 Å². The van der Waals surface area contributed by atoms with Crippen LogP contribution in [0.1, 0.15) is 20.3 Å². The summed E-state index contributed by atoms with van der Waals surface area (Å²) >= 11 is 0. The number of carbonyl (C=O) groups excluding carboxylic acids is 1. The van der Waals surface area contributed by atoms with Gasteiger partial charge in [0.1, 0.15) is 5.75 Å². The molecule has 6 nitrogen and oxygen atoms in total. The molecule has 1 aliphatic rings. The molecule has 0 bridgehead atoms. The van der Waals surface area contributed by atoms with Gasteiger partial charge < -0.3 is 19.6 Å². The van der Waals surface area contributed by atoms with E-state index >= 15 is 0 Å². The molecule has 6 heteroatoms. The van der Waals surface area contributed by atoms with Crippen molar-refractivity contribution in [1.82, 2.24) is 0 Å². The topological polar surface area (TPSA) is 70.1 Å². The van der Waals surface area contributed by atoms with Crippen molar-refractivity contribution in [1.29, 1.82) is 0 Å². The number of ether oxygens (including phenoxy) is 1. The largest absolute Gasteiger partial charge is 0.481 e. The van der Waals surface area contributed by atoms with E-state index < -0.39 is 5.97 Å². The maximum absolute atomic E-state index is 11.6. The number of amides is 1. The number of fused-ring (bicyclic) bond motifs is 1. The number of anilines is 2. The first kappa shape index (κ1) is 16.1. The molecule has 1 aliphatic heterocycles. The molecule has 0 unspecified atom stereocenters. The van der Waals surface area contributed by atoms with Crippen LogP contribution in [0, 0.1) is 5.92 Å². The number of carbonyl (C=O) groups is 2. The molecule has 1 amide bonds. The number of rotatable bonds is 6. The van der Waals surface area contributed by atoms with E-state index in [0.29, 0.717) is 18.2 Å². The van der Waals surface area contributed by atoms with Crippen LogP contribution in [0.3, 0.4) is 0 Å². The number of hydrogen-bond acceptors (Lipinski definition) is 4. The third kappa shape index (κ3) is 3.69. The van der Waals surface area contributed by atoms with Crippen LogP contribution >= 0.6 is 0 Å². The second kappa shape index (κ2) is 6.68. The maximum atomic E-state index is 11.6. The number of carboxylic acids is 1. The lowest BCUT2D eigenvalue weighted by Crippen LogP contribution is -2.36. The van der Waals surface area contributed by atoms with Gasteiger partial charge in [-0.1, -0.05) is 13.8 Å². The molecule has 0 fully saturated rings. The Morgan fingerprint density at radius 2 is 2.18 bits per heavy atom. The summed E-state index contributed by atoms with van der Waals surface area (Å²) in [5.74, 6) is 0.178. The smallest absolute Gasteiger partial charge is 0.305 e. The SMILES string of the molecule is CC(C)CN(CCC(=O)O)c1ccc2c(c1)OCC(=O)N2C. The van der Waals surface area contributed by atoms with Gasteiger partial charge in [-0.2, -0.15) is 0 Å². The molecule has 0 spiro atoms. The first-order chi connectivity index (χ1) is 10.4. The molecule has 1 aromatic carbocycles. The Balaban J connectivity index is 2.24. The van der Waals surface area contributed by atoms with Gasteiger partial charge in [-0.15, -0.1) is 0 Å². The Kier molecular flexibility index (Phi) is 4.90. The molecule has 2 rings (SSSR count). The van der Waals surface area contributed by atoms with Gasteiger partial charge in [0.25, 0.3) is 5.91 Å². The fourth-order valence-corrected chi connectivity index (χ4v) is 2.46. The number of carboxylic acid groups (broad SMARTS) is 1. The van der Waals surface area contributed by atoms with Crippen LogP contribution in [-0.2, 0) is 9.59 Å². The molecule has 0 radical (unpaired) electrons. The fraction of sp³-hybridized carbons (Fsp3) is 0.500. The second-order valence-electron chi connectivity index (χ2n) is 5.88. The van der Waals surface area contributed by atoms with Crippen molar-refractivity contribution < 1.29 is 19.4 Å². The van der Waals surface area contributed by atoms with Crippen molar-refractivity contribution in [3.63, 3.8) is 0 Å². The zero-order valence-electron chi connectivity index (χ0n) is 13.2. The molecule has 120 valence electrons. The highest BCUT2D eigenvalue weighted by atomic mass is 16.5. The zero-order valence-corrected chi connectivity index (χ0v) is 13.2. The third-order valence-corrected chi connectivity index (χ3v) is 3.58. The minimum atomic E-state index is -0.812. The van der Waals surface area contributed by atoms with Gasteiger partial charge in [-0.25, -0.2) is 0 Å². The average Bonchev–Trinajstić information content (AvgIpc) is 2.46. The molecule has 1 heterocycles. The van der Waals surface area contributed by atoms with Crippen LogP contribution in [0.5, 0.6) is 5.75 Å². The van der Waals surface area contributed by atoms with Gasteiger partial charge in [0.15, 0.2) is 6.61 Å². The molecule has 0 saturated heterocycles. The van der Waals surface area contributed by atoms with Crippen molar-refractivity contribution in [3.05, 3.63) is 18.2 Å². The first-order valence-corrected chi connectivity index (χ1v) is 7.38. The quantitative estimate of drug-likeness (QED) is 0.870. The summed E-state index contributed by atoms with van der Waals surface area (Å²) in [5, 5.41) is 8.90. The summed E-state index contributed by atoms with van der Waals surface area (Å²) in [6.45, 7) is 5.43. The Hall–Kier alpha value is -2.24. The molecule has 0 aromatic heterocycles. The lowest BCUT2D eigenvalue weighted by atomic mass is 10.1. The number of benzene rings is 1. The van der Waals surface area contributed by atoms with Gasteiger partial charge in [-0.3, -0.25) is 9.59 Å². The van der Waals surface area contributed by atoms with Crippen LogP contribution in [0.2, 0.25) is 0 Å². The van der Waals surface area contributed by atoms with E-state index in [1.165, 1.54) is 0 Å². The standard InChI is InChI=1S/C16H22N2O4/c1-11(2)9-18(7-6-16(20)21)12-4-5-13-14(8-12)22-10-15(19)17(13)3/h4-5,8,11H,6-7,9-10H2,1-3H3,(H,20,21). The monoisotopic (exact) mass is 306 g/mol. The van der Waals surface area contributed by atoms with E-state index in [1.807, 2.05) is 23.1 Å². The van der Waals surface area contributed by atoms with Crippen molar-refractivity contribution in [2.75, 3.05) is 36.5 Å². The van der Waals surface area contributed by atoms with Crippen molar-refractivity contribution in [2.45, 2.75) is 20.3 Å². The lowest BCUT2D eigenvalue weighted by molar-refractivity contribution is -0.136. The lowest BCUT2D eigenvalue weighted by Gasteiger charge is -2.30. The third-order valence-electron chi connectivity index (χ3n) is 3.58. The number of likely N-dealkylation sites (N-methyl/N-ethyl adjacent to an activating group) is 1. The van der Waals surface area contributed by atoms with Gasteiger partial charge in [-0.05, 0) is 18.1 Å². The van der Waals surface area contributed by atoms with Crippen LogP contribution in [0.15, 0.2) is 18.2 Å². The van der Waals surface area contributed by atoms with Crippen LogP contribution < -0.4 is 14.5 Å². The van der Waals surface area contributed by atoms with E-state index in [2.05, 4.69) is 13.8 Å².